The van der Waals surface area contributed by atoms with Gasteiger partial charge in [-0.25, -0.2) is 9.67 Å². The lowest BCUT2D eigenvalue weighted by Crippen LogP contribution is -2.14. The topological polar surface area (TPSA) is 64.7 Å². The molecule has 2 aromatic carbocycles. The van der Waals surface area contributed by atoms with Crippen LogP contribution in [-0.2, 0) is 17.8 Å². The summed E-state index contributed by atoms with van der Waals surface area (Å²) in [4.78, 5) is 16.3. The second-order valence-corrected chi connectivity index (χ2v) is 6.29. The van der Waals surface area contributed by atoms with Gasteiger partial charge in [-0.3, -0.25) is 4.79 Å². The van der Waals surface area contributed by atoms with Crippen molar-refractivity contribution < 1.29 is 4.79 Å². The largest absolute Gasteiger partial charge is 0.333 e. The Bertz CT molecular complexity index is 1000. The van der Waals surface area contributed by atoms with E-state index < -0.39 is 0 Å². The number of aromatic nitrogens is 4. The third-order valence-corrected chi connectivity index (χ3v) is 4.18. The highest BCUT2D eigenvalue weighted by Gasteiger charge is 2.07. The van der Waals surface area contributed by atoms with Gasteiger partial charge in [-0.15, -0.1) is 0 Å². The Hall–Kier alpha value is -3.67. The molecule has 6 heteroatoms. The molecule has 0 aliphatic rings. The highest BCUT2D eigenvalue weighted by atomic mass is 16.1. The number of carbonyl (C=O) groups excluding carboxylic acids is 1. The zero-order chi connectivity index (χ0) is 18.5. The van der Waals surface area contributed by atoms with Crippen molar-refractivity contribution >= 4 is 11.6 Å². The molecule has 0 radical (unpaired) electrons. The average Bonchev–Trinajstić information content (AvgIpc) is 3.36. The van der Waals surface area contributed by atoms with Gasteiger partial charge in [0.25, 0.3) is 0 Å². The van der Waals surface area contributed by atoms with Crippen molar-refractivity contribution in [3.8, 4) is 5.69 Å². The molecular weight excluding hydrogens is 338 g/mol. The molecule has 0 aliphatic heterocycles. The van der Waals surface area contributed by atoms with Gasteiger partial charge in [0.05, 0.1) is 24.6 Å². The van der Waals surface area contributed by atoms with Crippen LogP contribution in [0.1, 0.15) is 11.1 Å². The van der Waals surface area contributed by atoms with Gasteiger partial charge in [-0.1, -0.05) is 30.3 Å². The maximum atomic E-state index is 12.3. The van der Waals surface area contributed by atoms with Crippen molar-refractivity contribution in [1.29, 1.82) is 0 Å². The van der Waals surface area contributed by atoms with E-state index in [9.17, 15) is 4.79 Å². The Balaban J connectivity index is 1.35. The minimum atomic E-state index is -0.0648. The van der Waals surface area contributed by atoms with Gasteiger partial charge in [0.1, 0.15) is 0 Å². The Kier molecular flexibility index (Phi) is 4.78. The molecule has 4 aromatic rings. The van der Waals surface area contributed by atoms with E-state index >= 15 is 0 Å². The van der Waals surface area contributed by atoms with E-state index in [2.05, 4.69) is 15.4 Å². The monoisotopic (exact) mass is 357 g/mol. The summed E-state index contributed by atoms with van der Waals surface area (Å²) in [5.74, 6) is -0.0648. The number of rotatable bonds is 6. The van der Waals surface area contributed by atoms with E-state index in [0.29, 0.717) is 0 Å². The number of hydrogen-bond acceptors (Lipinski definition) is 3. The van der Waals surface area contributed by atoms with Crippen molar-refractivity contribution in [3.05, 3.63) is 96.8 Å². The van der Waals surface area contributed by atoms with E-state index in [-0.39, 0.29) is 12.3 Å². The van der Waals surface area contributed by atoms with Crippen LogP contribution in [0.5, 0.6) is 0 Å². The number of carbonyl (C=O) groups is 1. The van der Waals surface area contributed by atoms with Gasteiger partial charge >= 0.3 is 0 Å². The first-order chi connectivity index (χ1) is 13.3. The van der Waals surface area contributed by atoms with Crippen molar-refractivity contribution in [2.45, 2.75) is 13.0 Å². The van der Waals surface area contributed by atoms with E-state index in [1.54, 1.807) is 23.4 Å². The van der Waals surface area contributed by atoms with Gasteiger partial charge in [0, 0.05) is 30.8 Å². The molecule has 0 unspecified atom stereocenters. The molecule has 0 bridgehead atoms. The summed E-state index contributed by atoms with van der Waals surface area (Å²) in [6.45, 7) is 0.757. The Morgan fingerprint density at radius 3 is 2.56 bits per heavy atom. The summed E-state index contributed by atoms with van der Waals surface area (Å²) in [6, 6.07) is 17.7. The molecule has 1 amide bonds. The fourth-order valence-electron chi connectivity index (χ4n) is 2.85. The molecule has 4 rings (SSSR count). The molecule has 0 aliphatic carbocycles. The molecule has 0 spiro atoms. The van der Waals surface area contributed by atoms with E-state index in [0.717, 1.165) is 29.0 Å². The van der Waals surface area contributed by atoms with Crippen LogP contribution in [-0.4, -0.2) is 25.2 Å². The summed E-state index contributed by atoms with van der Waals surface area (Å²) in [6.07, 6.45) is 9.35. The lowest BCUT2D eigenvalue weighted by Gasteiger charge is -2.07. The minimum Gasteiger partial charge on any atom is -0.333 e. The quantitative estimate of drug-likeness (QED) is 0.576. The summed E-state index contributed by atoms with van der Waals surface area (Å²) >= 11 is 0. The van der Waals surface area contributed by atoms with Crippen molar-refractivity contribution in [2.24, 2.45) is 0 Å². The average molecular weight is 357 g/mol. The Labute approximate surface area is 157 Å². The van der Waals surface area contributed by atoms with Crippen molar-refractivity contribution in [1.82, 2.24) is 19.3 Å². The van der Waals surface area contributed by atoms with Crippen LogP contribution in [0.15, 0.2) is 85.7 Å². The van der Waals surface area contributed by atoms with E-state index in [1.165, 1.54) is 0 Å². The lowest BCUT2D eigenvalue weighted by atomic mass is 10.2. The summed E-state index contributed by atoms with van der Waals surface area (Å²) in [5, 5.41) is 7.25. The number of amides is 1. The van der Waals surface area contributed by atoms with Crippen LogP contribution in [0.25, 0.3) is 5.69 Å². The number of anilines is 1. The summed E-state index contributed by atoms with van der Waals surface area (Å²) < 4.78 is 3.77. The smallest absolute Gasteiger partial charge is 0.228 e. The van der Waals surface area contributed by atoms with Crippen LogP contribution < -0.4 is 5.32 Å². The summed E-state index contributed by atoms with van der Waals surface area (Å²) in [7, 11) is 0. The SMILES string of the molecule is O=C(Cc1cnn(-c2ccccc2)c1)Nc1ccc(Cn2ccnc2)cc1. The third-order valence-electron chi connectivity index (χ3n) is 4.18. The molecule has 134 valence electrons. The second-order valence-electron chi connectivity index (χ2n) is 6.29. The van der Waals surface area contributed by atoms with Gasteiger partial charge < -0.3 is 9.88 Å². The van der Waals surface area contributed by atoms with Crippen LogP contribution in [0.3, 0.4) is 0 Å². The first-order valence-electron chi connectivity index (χ1n) is 8.70. The van der Waals surface area contributed by atoms with Crippen molar-refractivity contribution in [2.75, 3.05) is 5.32 Å². The zero-order valence-electron chi connectivity index (χ0n) is 14.7. The molecule has 1 N–H and O–H groups in total. The second kappa shape index (κ2) is 7.70. The number of benzene rings is 2. The van der Waals surface area contributed by atoms with Gasteiger partial charge in [0.15, 0.2) is 0 Å². The van der Waals surface area contributed by atoms with E-state index in [4.69, 9.17) is 0 Å². The fraction of sp³-hybridized carbons (Fsp3) is 0.0952. The predicted octanol–water partition coefficient (Wildman–Crippen LogP) is 3.30. The standard InChI is InChI=1S/C21H19N5O/c27-21(12-18-13-23-26(15-18)20-4-2-1-3-5-20)24-19-8-6-17(7-9-19)14-25-11-10-22-16-25/h1-11,13,15-16H,12,14H2,(H,24,27). The van der Waals surface area contributed by atoms with Gasteiger partial charge in [-0.05, 0) is 35.4 Å². The number of para-hydroxylation sites is 1. The van der Waals surface area contributed by atoms with Crippen LogP contribution in [0.2, 0.25) is 0 Å². The van der Waals surface area contributed by atoms with Crippen molar-refractivity contribution in [3.63, 3.8) is 0 Å². The first-order valence-corrected chi connectivity index (χ1v) is 8.70. The zero-order valence-corrected chi connectivity index (χ0v) is 14.7. The first kappa shape index (κ1) is 16.8. The molecule has 0 saturated heterocycles. The third kappa shape index (κ3) is 4.30. The number of nitrogens with one attached hydrogen (secondary N) is 1. The Morgan fingerprint density at radius 2 is 1.81 bits per heavy atom. The number of imidazole rings is 1. The van der Waals surface area contributed by atoms with E-state index in [1.807, 2.05) is 71.6 Å². The molecule has 0 fully saturated rings. The minimum absolute atomic E-state index is 0.0648. The number of hydrogen-bond donors (Lipinski definition) is 1. The predicted molar refractivity (Wildman–Crippen MR) is 104 cm³/mol. The highest BCUT2D eigenvalue weighted by Crippen LogP contribution is 2.12. The Morgan fingerprint density at radius 1 is 1.00 bits per heavy atom. The van der Waals surface area contributed by atoms with Gasteiger partial charge in [0.2, 0.25) is 5.91 Å². The highest BCUT2D eigenvalue weighted by molar-refractivity contribution is 5.92. The number of nitrogens with zero attached hydrogens (tertiary/aromatic N) is 4. The molecular formula is C21H19N5O. The molecule has 6 nitrogen and oxygen atoms in total. The fourth-order valence-corrected chi connectivity index (χ4v) is 2.85. The summed E-state index contributed by atoms with van der Waals surface area (Å²) in [5.41, 5.74) is 3.77. The molecule has 27 heavy (non-hydrogen) atoms. The van der Waals surface area contributed by atoms with Gasteiger partial charge in [-0.2, -0.15) is 5.10 Å². The molecule has 0 saturated carbocycles. The van der Waals surface area contributed by atoms with Crippen LogP contribution in [0, 0.1) is 0 Å². The normalized spacial score (nSPS) is 10.7. The molecule has 2 heterocycles. The maximum Gasteiger partial charge on any atom is 0.228 e. The molecule has 2 aromatic heterocycles. The van der Waals surface area contributed by atoms with Crippen LogP contribution >= 0.6 is 0 Å². The lowest BCUT2D eigenvalue weighted by molar-refractivity contribution is -0.115. The maximum absolute atomic E-state index is 12.3. The molecule has 0 atom stereocenters. The van der Waals surface area contributed by atoms with Crippen LogP contribution in [0.4, 0.5) is 5.69 Å².